The highest BCUT2D eigenvalue weighted by Crippen LogP contribution is 2.43. The summed E-state index contributed by atoms with van der Waals surface area (Å²) in [5.74, 6) is 0.501. The van der Waals surface area contributed by atoms with E-state index in [1.54, 1.807) is 5.57 Å². The predicted molar refractivity (Wildman–Crippen MR) is 118 cm³/mol. The smallest absolute Gasteiger partial charge is 0.00271 e. The first-order valence-corrected chi connectivity index (χ1v) is 10.2. The van der Waals surface area contributed by atoms with E-state index < -0.39 is 0 Å². The van der Waals surface area contributed by atoms with Crippen LogP contribution in [0, 0.1) is 0 Å². The quantitative estimate of drug-likeness (QED) is 0.438. The molecule has 1 aliphatic carbocycles. The minimum Gasteiger partial charge on any atom is -0.0652 e. The molecule has 4 rings (SSSR count). The molecule has 0 saturated heterocycles. The Balaban J connectivity index is 2.00. The van der Waals surface area contributed by atoms with Crippen LogP contribution in [0.4, 0.5) is 0 Å². The van der Waals surface area contributed by atoms with Crippen molar-refractivity contribution in [1.82, 2.24) is 0 Å². The molecule has 0 aliphatic heterocycles. The van der Waals surface area contributed by atoms with Crippen molar-refractivity contribution in [3.05, 3.63) is 89.0 Å². The van der Waals surface area contributed by atoms with Gasteiger partial charge >= 0.3 is 0 Å². The fraction of sp³-hybridized carbons (Fsp3) is 0.259. The second-order valence-corrected chi connectivity index (χ2v) is 7.90. The Morgan fingerprint density at radius 3 is 2.30 bits per heavy atom. The van der Waals surface area contributed by atoms with Gasteiger partial charge in [0.25, 0.3) is 0 Å². The van der Waals surface area contributed by atoms with Gasteiger partial charge in [-0.05, 0) is 57.7 Å². The number of allylic oxidation sites excluding steroid dienone is 1. The summed E-state index contributed by atoms with van der Waals surface area (Å²) in [6.45, 7) is 6.86. The highest BCUT2D eigenvalue weighted by Gasteiger charge is 2.22. The van der Waals surface area contributed by atoms with Crippen molar-refractivity contribution in [2.75, 3.05) is 0 Å². The van der Waals surface area contributed by atoms with Crippen LogP contribution in [0.1, 0.15) is 56.2 Å². The van der Waals surface area contributed by atoms with Crippen LogP contribution in [0.3, 0.4) is 0 Å². The minimum atomic E-state index is 0.501. The fourth-order valence-corrected chi connectivity index (χ4v) is 4.34. The molecule has 0 heterocycles. The zero-order valence-electron chi connectivity index (χ0n) is 16.6. The van der Waals surface area contributed by atoms with E-state index in [1.165, 1.54) is 51.8 Å². The molecule has 27 heavy (non-hydrogen) atoms. The Morgan fingerprint density at radius 1 is 0.815 bits per heavy atom. The van der Waals surface area contributed by atoms with Crippen molar-refractivity contribution in [3.63, 3.8) is 0 Å². The molecule has 0 bridgehead atoms. The molecule has 3 aromatic carbocycles. The van der Waals surface area contributed by atoms with Crippen LogP contribution in [0.25, 0.3) is 28.3 Å². The number of benzene rings is 3. The molecule has 0 spiro atoms. The summed E-state index contributed by atoms with van der Waals surface area (Å²) in [5.41, 5.74) is 11.4. The second-order valence-electron chi connectivity index (χ2n) is 7.90. The summed E-state index contributed by atoms with van der Waals surface area (Å²) >= 11 is 0. The van der Waals surface area contributed by atoms with Crippen LogP contribution in [-0.2, 0) is 6.42 Å². The van der Waals surface area contributed by atoms with E-state index in [0.717, 1.165) is 6.42 Å². The molecule has 0 N–H and O–H groups in total. The first kappa shape index (κ1) is 17.8. The van der Waals surface area contributed by atoms with E-state index in [2.05, 4.69) is 93.6 Å². The van der Waals surface area contributed by atoms with Gasteiger partial charge in [-0.25, -0.2) is 0 Å². The van der Waals surface area contributed by atoms with Gasteiger partial charge in [0.2, 0.25) is 0 Å². The van der Waals surface area contributed by atoms with Crippen molar-refractivity contribution in [1.29, 1.82) is 0 Å². The van der Waals surface area contributed by atoms with Crippen molar-refractivity contribution >= 4 is 6.08 Å². The number of hydrogen-bond acceptors (Lipinski definition) is 0. The van der Waals surface area contributed by atoms with E-state index in [4.69, 9.17) is 0 Å². The van der Waals surface area contributed by atoms with E-state index in [1.807, 2.05) is 0 Å². The maximum absolute atomic E-state index is 2.47. The van der Waals surface area contributed by atoms with Crippen LogP contribution in [-0.4, -0.2) is 0 Å². The van der Waals surface area contributed by atoms with Gasteiger partial charge in [0.1, 0.15) is 0 Å². The topological polar surface area (TPSA) is 0 Å². The van der Waals surface area contributed by atoms with E-state index in [9.17, 15) is 0 Å². The summed E-state index contributed by atoms with van der Waals surface area (Å²) in [6.07, 6.45) is 5.98. The van der Waals surface area contributed by atoms with E-state index >= 15 is 0 Å². The lowest BCUT2D eigenvalue weighted by Gasteiger charge is -2.19. The second kappa shape index (κ2) is 7.56. The lowest BCUT2D eigenvalue weighted by atomic mass is 9.84. The third kappa shape index (κ3) is 3.37. The Morgan fingerprint density at radius 2 is 1.56 bits per heavy atom. The van der Waals surface area contributed by atoms with Gasteiger partial charge in [0.05, 0.1) is 0 Å². The molecule has 0 unspecified atom stereocenters. The van der Waals surface area contributed by atoms with Crippen LogP contribution in [0.2, 0.25) is 0 Å². The van der Waals surface area contributed by atoms with Crippen LogP contribution >= 0.6 is 0 Å². The van der Waals surface area contributed by atoms with Crippen LogP contribution < -0.4 is 0 Å². The predicted octanol–water partition coefficient (Wildman–Crippen LogP) is 7.88. The molecule has 0 saturated carbocycles. The molecule has 0 nitrogen and oxygen atoms in total. The summed E-state index contributed by atoms with van der Waals surface area (Å²) < 4.78 is 0. The Hall–Kier alpha value is -2.60. The van der Waals surface area contributed by atoms with Crippen LogP contribution in [0.5, 0.6) is 0 Å². The van der Waals surface area contributed by atoms with Crippen molar-refractivity contribution < 1.29 is 0 Å². The average Bonchev–Trinajstić information content (AvgIpc) is 3.10. The van der Waals surface area contributed by atoms with Gasteiger partial charge in [0.15, 0.2) is 0 Å². The van der Waals surface area contributed by atoms with Crippen molar-refractivity contribution in [3.8, 4) is 22.3 Å². The molecule has 0 atom stereocenters. The molecule has 1 aliphatic rings. The molecule has 136 valence electrons. The molecule has 0 amide bonds. The lowest BCUT2D eigenvalue weighted by molar-refractivity contribution is 0.869. The summed E-state index contributed by atoms with van der Waals surface area (Å²) in [7, 11) is 0. The molecular weight excluding hydrogens is 324 g/mol. The van der Waals surface area contributed by atoms with E-state index in [0.29, 0.717) is 5.92 Å². The van der Waals surface area contributed by atoms with Crippen molar-refractivity contribution in [2.24, 2.45) is 0 Å². The SMILES string of the molecule is CCCC1=Cc2c(ccc(-c3ccccc3)c2-c2ccccc2C(C)C)C1. The average molecular weight is 353 g/mol. The monoisotopic (exact) mass is 352 g/mol. The first-order chi connectivity index (χ1) is 13.2. The number of fused-ring (bicyclic) bond motifs is 1. The largest absolute Gasteiger partial charge is 0.0652 e. The first-order valence-electron chi connectivity index (χ1n) is 10.2. The standard InChI is InChI=1S/C27H28/c1-4-10-20-17-22-15-16-24(21-11-6-5-7-12-21)27(26(22)18-20)25-14-9-8-13-23(25)19(2)3/h5-9,11-16,18-19H,4,10,17H2,1-3H3. The summed E-state index contributed by atoms with van der Waals surface area (Å²) in [6, 6.07) is 24.5. The Bertz CT molecular complexity index is 974. The Kier molecular flexibility index (Phi) is 4.99. The normalized spacial score (nSPS) is 13.0. The molecule has 3 aromatic rings. The van der Waals surface area contributed by atoms with Gasteiger partial charge in [-0.15, -0.1) is 0 Å². The highest BCUT2D eigenvalue weighted by molar-refractivity contribution is 5.93. The molecule has 0 aromatic heterocycles. The van der Waals surface area contributed by atoms with Gasteiger partial charge in [0, 0.05) is 0 Å². The summed E-state index contributed by atoms with van der Waals surface area (Å²) in [5, 5.41) is 0. The van der Waals surface area contributed by atoms with Gasteiger partial charge in [-0.3, -0.25) is 0 Å². The zero-order chi connectivity index (χ0) is 18.8. The molecular formula is C27H28. The van der Waals surface area contributed by atoms with Gasteiger partial charge < -0.3 is 0 Å². The Labute approximate surface area is 163 Å². The zero-order valence-corrected chi connectivity index (χ0v) is 16.6. The highest BCUT2D eigenvalue weighted by atomic mass is 14.3. The lowest BCUT2D eigenvalue weighted by Crippen LogP contribution is -1.97. The third-order valence-corrected chi connectivity index (χ3v) is 5.61. The minimum absolute atomic E-state index is 0.501. The maximum atomic E-state index is 2.47. The van der Waals surface area contributed by atoms with Gasteiger partial charge in [-0.1, -0.05) is 106 Å². The van der Waals surface area contributed by atoms with Crippen LogP contribution in [0.15, 0.2) is 72.3 Å². The number of hydrogen-bond donors (Lipinski definition) is 0. The molecule has 0 fully saturated rings. The maximum Gasteiger partial charge on any atom is -0.00271 e. The van der Waals surface area contributed by atoms with Gasteiger partial charge in [-0.2, -0.15) is 0 Å². The van der Waals surface area contributed by atoms with E-state index in [-0.39, 0.29) is 0 Å². The number of rotatable bonds is 5. The van der Waals surface area contributed by atoms with Crippen molar-refractivity contribution in [2.45, 2.75) is 46.0 Å². The third-order valence-electron chi connectivity index (χ3n) is 5.61. The molecule has 0 radical (unpaired) electrons. The molecule has 0 heteroatoms. The fourth-order valence-electron chi connectivity index (χ4n) is 4.34. The summed E-state index contributed by atoms with van der Waals surface area (Å²) in [4.78, 5) is 0.